The van der Waals surface area contributed by atoms with Gasteiger partial charge in [0.2, 0.25) is 10.0 Å². The number of carbonyl (C=O) groups excluding carboxylic acids is 1. The normalized spacial score (nSPS) is 16.8. The highest BCUT2D eigenvalue weighted by atomic mass is 32.2. The number of hydrogen-bond donors (Lipinski definition) is 1. The molecule has 1 saturated heterocycles. The summed E-state index contributed by atoms with van der Waals surface area (Å²) in [6.45, 7) is 6.53. The highest BCUT2D eigenvalue weighted by Crippen LogP contribution is 2.22. The van der Waals surface area contributed by atoms with Crippen molar-refractivity contribution in [3.05, 3.63) is 29.6 Å². The standard InChI is InChI=1S/C16H23FN2O4S/c1-4-16(2,3)18-15(20)12-5-6-13(17)14(11-12)24(21,22)19-7-9-23-10-8-19/h5-6,11H,4,7-10H2,1-3H3,(H,18,20). The van der Waals surface area contributed by atoms with Gasteiger partial charge in [0.15, 0.2) is 0 Å². The van der Waals surface area contributed by atoms with E-state index in [9.17, 15) is 17.6 Å². The van der Waals surface area contributed by atoms with E-state index in [0.29, 0.717) is 6.42 Å². The Labute approximate surface area is 142 Å². The molecule has 0 bridgehead atoms. The topological polar surface area (TPSA) is 75.7 Å². The number of morpholine rings is 1. The van der Waals surface area contributed by atoms with Crippen LogP contribution in [0.4, 0.5) is 4.39 Å². The number of sulfonamides is 1. The van der Waals surface area contributed by atoms with E-state index in [0.717, 1.165) is 12.1 Å². The van der Waals surface area contributed by atoms with Crippen LogP contribution in [-0.4, -0.2) is 50.5 Å². The van der Waals surface area contributed by atoms with Gasteiger partial charge in [-0.25, -0.2) is 12.8 Å². The van der Waals surface area contributed by atoms with Crippen molar-refractivity contribution >= 4 is 15.9 Å². The van der Waals surface area contributed by atoms with Crippen LogP contribution in [0.1, 0.15) is 37.6 Å². The molecule has 1 heterocycles. The average molecular weight is 358 g/mol. The van der Waals surface area contributed by atoms with Crippen molar-refractivity contribution in [1.29, 1.82) is 0 Å². The molecule has 2 rings (SSSR count). The zero-order chi connectivity index (χ0) is 18.0. The van der Waals surface area contributed by atoms with E-state index in [1.165, 1.54) is 10.4 Å². The van der Waals surface area contributed by atoms with Crippen molar-refractivity contribution in [3.8, 4) is 0 Å². The molecule has 24 heavy (non-hydrogen) atoms. The van der Waals surface area contributed by atoms with Gasteiger partial charge < -0.3 is 10.1 Å². The van der Waals surface area contributed by atoms with Crippen molar-refractivity contribution in [2.45, 2.75) is 37.6 Å². The van der Waals surface area contributed by atoms with Crippen LogP contribution in [0.2, 0.25) is 0 Å². The number of nitrogens with zero attached hydrogens (tertiary/aromatic N) is 1. The second-order valence-corrected chi connectivity index (χ2v) is 8.26. The molecule has 0 aliphatic carbocycles. The Balaban J connectivity index is 2.33. The minimum atomic E-state index is -4.00. The molecule has 1 amide bonds. The van der Waals surface area contributed by atoms with Crippen LogP contribution in [0, 0.1) is 5.82 Å². The van der Waals surface area contributed by atoms with Gasteiger partial charge in [0.05, 0.1) is 13.2 Å². The quantitative estimate of drug-likeness (QED) is 0.870. The summed E-state index contributed by atoms with van der Waals surface area (Å²) in [6, 6.07) is 3.40. The smallest absolute Gasteiger partial charge is 0.251 e. The van der Waals surface area contributed by atoms with Crippen LogP contribution < -0.4 is 5.32 Å². The fourth-order valence-corrected chi connectivity index (χ4v) is 3.73. The summed E-state index contributed by atoms with van der Waals surface area (Å²) < 4.78 is 45.7. The lowest BCUT2D eigenvalue weighted by Gasteiger charge is -2.27. The largest absolute Gasteiger partial charge is 0.379 e. The van der Waals surface area contributed by atoms with Gasteiger partial charge in [-0.3, -0.25) is 4.79 Å². The molecule has 0 unspecified atom stereocenters. The SMILES string of the molecule is CCC(C)(C)NC(=O)c1ccc(F)c(S(=O)(=O)N2CCOCC2)c1. The van der Waals surface area contributed by atoms with Crippen molar-refractivity contribution in [2.24, 2.45) is 0 Å². The van der Waals surface area contributed by atoms with Crippen LogP contribution in [0.25, 0.3) is 0 Å². The van der Waals surface area contributed by atoms with Crippen LogP contribution >= 0.6 is 0 Å². The summed E-state index contributed by atoms with van der Waals surface area (Å²) in [5.74, 6) is -1.30. The van der Waals surface area contributed by atoms with Gasteiger partial charge in [-0.05, 0) is 38.5 Å². The predicted molar refractivity (Wildman–Crippen MR) is 87.8 cm³/mol. The summed E-state index contributed by atoms with van der Waals surface area (Å²) in [7, 11) is -4.00. The molecule has 8 heteroatoms. The molecule has 1 aromatic rings. The first-order chi connectivity index (χ1) is 11.2. The number of halogens is 1. The molecule has 0 saturated carbocycles. The first-order valence-electron chi connectivity index (χ1n) is 7.87. The van der Waals surface area contributed by atoms with E-state index in [1.54, 1.807) is 0 Å². The summed E-state index contributed by atoms with van der Waals surface area (Å²) >= 11 is 0. The van der Waals surface area contributed by atoms with Gasteiger partial charge in [0.25, 0.3) is 5.91 Å². The molecule has 1 aliphatic rings. The van der Waals surface area contributed by atoms with E-state index in [4.69, 9.17) is 4.74 Å². The van der Waals surface area contributed by atoms with Crippen molar-refractivity contribution < 1.29 is 22.3 Å². The van der Waals surface area contributed by atoms with Crippen LogP contribution in [0.5, 0.6) is 0 Å². The fourth-order valence-electron chi connectivity index (χ4n) is 2.24. The molecule has 6 nitrogen and oxygen atoms in total. The van der Waals surface area contributed by atoms with Gasteiger partial charge >= 0.3 is 0 Å². The Morgan fingerprint density at radius 3 is 2.54 bits per heavy atom. The number of carbonyl (C=O) groups is 1. The van der Waals surface area contributed by atoms with E-state index in [1.807, 2.05) is 20.8 Å². The lowest BCUT2D eigenvalue weighted by Crippen LogP contribution is -2.43. The number of rotatable bonds is 5. The third-order valence-electron chi connectivity index (χ3n) is 4.12. The van der Waals surface area contributed by atoms with Gasteiger partial charge in [-0.2, -0.15) is 4.31 Å². The predicted octanol–water partition coefficient (Wildman–Crippen LogP) is 1.76. The van der Waals surface area contributed by atoms with Crippen LogP contribution in [0.15, 0.2) is 23.1 Å². The first-order valence-corrected chi connectivity index (χ1v) is 9.31. The fraction of sp³-hybridized carbons (Fsp3) is 0.562. The second kappa shape index (κ2) is 7.16. The first kappa shape index (κ1) is 18.8. The maximum Gasteiger partial charge on any atom is 0.251 e. The molecule has 0 spiro atoms. The number of hydrogen-bond acceptors (Lipinski definition) is 4. The minimum Gasteiger partial charge on any atom is -0.379 e. The maximum atomic E-state index is 14.1. The molecule has 1 aromatic carbocycles. The molecular formula is C16H23FN2O4S. The van der Waals surface area contributed by atoms with E-state index < -0.39 is 32.2 Å². The highest BCUT2D eigenvalue weighted by molar-refractivity contribution is 7.89. The summed E-state index contributed by atoms with van der Waals surface area (Å²) in [5, 5.41) is 2.81. The summed E-state index contributed by atoms with van der Waals surface area (Å²) in [6.07, 6.45) is 0.707. The monoisotopic (exact) mass is 358 g/mol. The van der Waals surface area contributed by atoms with E-state index in [2.05, 4.69) is 5.32 Å². The van der Waals surface area contributed by atoms with Gasteiger partial charge in [0.1, 0.15) is 10.7 Å². The van der Waals surface area contributed by atoms with Crippen LogP contribution in [0.3, 0.4) is 0 Å². The van der Waals surface area contributed by atoms with Crippen molar-refractivity contribution in [3.63, 3.8) is 0 Å². The van der Waals surface area contributed by atoms with Crippen molar-refractivity contribution in [2.75, 3.05) is 26.3 Å². The number of ether oxygens (including phenoxy) is 1. The highest BCUT2D eigenvalue weighted by Gasteiger charge is 2.30. The Morgan fingerprint density at radius 1 is 1.33 bits per heavy atom. The Bertz CT molecular complexity index is 713. The Kier molecular flexibility index (Phi) is 5.62. The molecule has 1 N–H and O–H groups in total. The van der Waals surface area contributed by atoms with Crippen LogP contribution in [-0.2, 0) is 14.8 Å². The number of benzene rings is 1. The molecular weight excluding hydrogens is 335 g/mol. The molecule has 1 fully saturated rings. The van der Waals surface area contributed by atoms with E-state index in [-0.39, 0.29) is 31.9 Å². The second-order valence-electron chi connectivity index (χ2n) is 6.35. The van der Waals surface area contributed by atoms with E-state index >= 15 is 0 Å². The average Bonchev–Trinajstić information content (AvgIpc) is 2.55. The zero-order valence-electron chi connectivity index (χ0n) is 14.1. The molecule has 0 radical (unpaired) electrons. The summed E-state index contributed by atoms with van der Waals surface area (Å²) in [4.78, 5) is 11.8. The van der Waals surface area contributed by atoms with Gasteiger partial charge in [0, 0.05) is 24.2 Å². The number of nitrogens with one attached hydrogen (secondary N) is 1. The summed E-state index contributed by atoms with van der Waals surface area (Å²) in [5.41, 5.74) is -0.320. The van der Waals surface area contributed by atoms with Gasteiger partial charge in [-0.15, -0.1) is 0 Å². The molecule has 0 atom stereocenters. The third-order valence-corrected chi connectivity index (χ3v) is 6.03. The third kappa shape index (κ3) is 4.12. The molecule has 134 valence electrons. The molecule has 1 aliphatic heterocycles. The lowest BCUT2D eigenvalue weighted by molar-refractivity contribution is 0.0729. The maximum absolute atomic E-state index is 14.1. The van der Waals surface area contributed by atoms with Gasteiger partial charge in [-0.1, -0.05) is 6.92 Å². The Morgan fingerprint density at radius 2 is 1.96 bits per heavy atom. The van der Waals surface area contributed by atoms with Crippen molar-refractivity contribution in [1.82, 2.24) is 9.62 Å². The lowest BCUT2D eigenvalue weighted by atomic mass is 10.0. The molecule has 0 aromatic heterocycles. The Hall–Kier alpha value is -1.51. The number of amides is 1. The zero-order valence-corrected chi connectivity index (χ0v) is 15.0. The minimum absolute atomic E-state index is 0.116.